The summed E-state index contributed by atoms with van der Waals surface area (Å²) in [6, 6.07) is 0.429. The summed E-state index contributed by atoms with van der Waals surface area (Å²) in [7, 11) is 0. The zero-order chi connectivity index (χ0) is 11.6. The highest BCUT2D eigenvalue weighted by Gasteiger charge is 2.20. The minimum atomic E-state index is -1.15. The lowest BCUT2D eigenvalue weighted by Crippen LogP contribution is -2.15. The first kappa shape index (κ1) is 11.3. The van der Waals surface area contributed by atoms with E-state index in [-0.39, 0.29) is 5.56 Å². The molecule has 0 unspecified atom stereocenters. The van der Waals surface area contributed by atoms with Crippen molar-refractivity contribution in [3.05, 3.63) is 33.6 Å². The molecule has 15 heavy (non-hydrogen) atoms. The Morgan fingerprint density at radius 2 is 2.20 bits per heavy atom. The first-order valence-electron chi connectivity index (χ1n) is 4.00. The van der Waals surface area contributed by atoms with Gasteiger partial charge in [-0.2, -0.15) is 4.39 Å². The van der Waals surface area contributed by atoms with Crippen LogP contribution in [0.25, 0.3) is 0 Å². The van der Waals surface area contributed by atoms with Crippen molar-refractivity contribution in [3.8, 4) is 5.75 Å². The highest BCUT2D eigenvalue weighted by Crippen LogP contribution is 2.29. The van der Waals surface area contributed by atoms with Crippen molar-refractivity contribution < 1.29 is 19.5 Å². The predicted octanol–water partition coefficient (Wildman–Crippen LogP) is 0.432. The largest absolute Gasteiger partial charge is 0.507 e. The van der Waals surface area contributed by atoms with Crippen molar-refractivity contribution in [3.63, 3.8) is 0 Å². The van der Waals surface area contributed by atoms with Gasteiger partial charge in [-0.3, -0.25) is 10.1 Å². The van der Waals surface area contributed by atoms with E-state index >= 15 is 0 Å². The van der Waals surface area contributed by atoms with Crippen LogP contribution >= 0.6 is 0 Å². The van der Waals surface area contributed by atoms with Gasteiger partial charge in [0, 0.05) is 17.7 Å². The average molecular weight is 216 g/mol. The number of benzene rings is 1. The van der Waals surface area contributed by atoms with Crippen LogP contribution in [-0.4, -0.2) is 21.7 Å². The summed E-state index contributed by atoms with van der Waals surface area (Å²) >= 11 is 0. The lowest BCUT2D eigenvalue weighted by atomic mass is 10.1. The number of rotatable bonds is 3. The van der Waals surface area contributed by atoms with Gasteiger partial charge in [-0.05, 0) is 0 Å². The van der Waals surface area contributed by atoms with E-state index in [1.807, 2.05) is 0 Å². The van der Waals surface area contributed by atoms with Gasteiger partial charge < -0.3 is 15.9 Å². The molecule has 0 heterocycles. The normalized spacial score (nSPS) is 12.5. The number of nitro benzene ring substituents is 1. The molecule has 0 amide bonds. The molecule has 1 aromatic carbocycles. The summed E-state index contributed by atoms with van der Waals surface area (Å²) in [6.45, 7) is -0.504. The molecule has 0 aliphatic heterocycles. The van der Waals surface area contributed by atoms with Gasteiger partial charge in [0.2, 0.25) is 5.82 Å². The van der Waals surface area contributed by atoms with E-state index in [9.17, 15) is 19.6 Å². The van der Waals surface area contributed by atoms with Gasteiger partial charge in [0.05, 0.1) is 17.6 Å². The quantitative estimate of drug-likeness (QED) is 0.501. The van der Waals surface area contributed by atoms with E-state index in [1.54, 1.807) is 0 Å². The van der Waals surface area contributed by atoms with E-state index < -0.39 is 34.8 Å². The number of hydrogen-bond donors (Lipinski definition) is 3. The van der Waals surface area contributed by atoms with Crippen molar-refractivity contribution in [2.24, 2.45) is 5.73 Å². The molecular weight excluding hydrogens is 207 g/mol. The number of nitro groups is 1. The first-order chi connectivity index (χ1) is 6.97. The maximum absolute atomic E-state index is 12.9. The Labute approximate surface area is 83.9 Å². The third-order valence-corrected chi connectivity index (χ3v) is 1.89. The maximum Gasteiger partial charge on any atom is 0.305 e. The van der Waals surface area contributed by atoms with Gasteiger partial charge in [0.15, 0.2) is 0 Å². The fourth-order valence-electron chi connectivity index (χ4n) is 1.10. The van der Waals surface area contributed by atoms with Crippen LogP contribution in [0.2, 0.25) is 0 Å². The summed E-state index contributed by atoms with van der Waals surface area (Å²) in [4.78, 5) is 9.45. The molecule has 0 spiro atoms. The van der Waals surface area contributed by atoms with Gasteiger partial charge in [0.1, 0.15) is 5.75 Å². The molecule has 82 valence electrons. The highest BCUT2D eigenvalue weighted by atomic mass is 19.1. The highest BCUT2D eigenvalue weighted by molar-refractivity contribution is 5.45. The SMILES string of the molecule is N[C@@H](CO)c1cc([N+](=O)[O-])c(F)cc1O. The van der Waals surface area contributed by atoms with E-state index in [4.69, 9.17) is 10.8 Å². The fourth-order valence-corrected chi connectivity index (χ4v) is 1.10. The van der Waals surface area contributed by atoms with Crippen LogP contribution in [-0.2, 0) is 0 Å². The van der Waals surface area contributed by atoms with Crippen molar-refractivity contribution in [1.82, 2.24) is 0 Å². The van der Waals surface area contributed by atoms with Crippen molar-refractivity contribution in [2.45, 2.75) is 6.04 Å². The molecule has 1 atom stereocenters. The fraction of sp³-hybridized carbons (Fsp3) is 0.250. The van der Waals surface area contributed by atoms with Crippen LogP contribution in [0.3, 0.4) is 0 Å². The lowest BCUT2D eigenvalue weighted by molar-refractivity contribution is -0.387. The topological polar surface area (TPSA) is 110 Å². The van der Waals surface area contributed by atoms with E-state index in [2.05, 4.69) is 0 Å². The number of aliphatic hydroxyl groups excluding tert-OH is 1. The van der Waals surface area contributed by atoms with Gasteiger partial charge in [-0.25, -0.2) is 0 Å². The molecule has 0 aliphatic rings. The molecule has 0 saturated carbocycles. The molecule has 0 aliphatic carbocycles. The van der Waals surface area contributed by atoms with Crippen molar-refractivity contribution in [1.29, 1.82) is 0 Å². The molecule has 0 saturated heterocycles. The summed E-state index contributed by atoms with van der Waals surface area (Å²) in [6.07, 6.45) is 0. The molecule has 1 rings (SSSR count). The monoisotopic (exact) mass is 216 g/mol. The Bertz CT molecular complexity index is 396. The third-order valence-electron chi connectivity index (χ3n) is 1.89. The van der Waals surface area contributed by atoms with Gasteiger partial charge in [-0.15, -0.1) is 0 Å². The molecule has 7 heteroatoms. The number of aliphatic hydroxyl groups is 1. The Hall–Kier alpha value is -1.73. The molecule has 0 radical (unpaired) electrons. The Morgan fingerprint density at radius 3 is 2.67 bits per heavy atom. The minimum absolute atomic E-state index is 0.0643. The molecular formula is C8H9FN2O4. The zero-order valence-electron chi connectivity index (χ0n) is 7.55. The number of phenols is 1. The summed E-state index contributed by atoms with van der Waals surface area (Å²) < 4.78 is 12.9. The number of nitrogens with two attached hydrogens (primary N) is 1. The second-order valence-corrected chi connectivity index (χ2v) is 2.91. The van der Waals surface area contributed by atoms with E-state index in [0.29, 0.717) is 6.07 Å². The van der Waals surface area contributed by atoms with Crippen LogP contribution in [0.5, 0.6) is 5.75 Å². The van der Waals surface area contributed by atoms with Crippen LogP contribution in [0.4, 0.5) is 10.1 Å². The Balaban J connectivity index is 3.29. The number of nitrogens with zero attached hydrogens (tertiary/aromatic N) is 1. The minimum Gasteiger partial charge on any atom is -0.507 e. The predicted molar refractivity (Wildman–Crippen MR) is 48.7 cm³/mol. The van der Waals surface area contributed by atoms with Crippen LogP contribution in [0, 0.1) is 15.9 Å². The van der Waals surface area contributed by atoms with Crippen LogP contribution in [0.1, 0.15) is 11.6 Å². The number of phenolic OH excluding ortho intramolecular Hbond substituents is 1. The van der Waals surface area contributed by atoms with Gasteiger partial charge >= 0.3 is 5.69 Å². The first-order valence-corrected chi connectivity index (χ1v) is 4.00. The summed E-state index contributed by atoms with van der Waals surface area (Å²) in [5.74, 6) is -1.66. The maximum atomic E-state index is 12.9. The van der Waals surface area contributed by atoms with Gasteiger partial charge in [-0.1, -0.05) is 0 Å². The smallest absolute Gasteiger partial charge is 0.305 e. The Morgan fingerprint density at radius 1 is 1.60 bits per heavy atom. The molecule has 4 N–H and O–H groups in total. The zero-order valence-corrected chi connectivity index (χ0v) is 7.55. The molecule has 0 bridgehead atoms. The van der Waals surface area contributed by atoms with E-state index in [0.717, 1.165) is 6.07 Å². The summed E-state index contributed by atoms with van der Waals surface area (Å²) in [5.41, 5.74) is 4.51. The molecule has 0 aromatic heterocycles. The second kappa shape index (κ2) is 4.20. The number of halogens is 1. The molecule has 6 nitrogen and oxygen atoms in total. The third kappa shape index (κ3) is 2.20. The van der Waals surface area contributed by atoms with Crippen molar-refractivity contribution >= 4 is 5.69 Å². The van der Waals surface area contributed by atoms with Crippen LogP contribution in [0.15, 0.2) is 12.1 Å². The number of hydrogen-bond acceptors (Lipinski definition) is 5. The average Bonchev–Trinajstić information content (AvgIpc) is 2.16. The van der Waals surface area contributed by atoms with Crippen molar-refractivity contribution in [2.75, 3.05) is 6.61 Å². The number of aromatic hydroxyl groups is 1. The standard InChI is InChI=1S/C8H9FN2O4/c9-5-2-8(13)4(6(10)3-12)1-7(5)11(14)15/h1-2,6,12-13H,3,10H2/t6-/m0/s1. The summed E-state index contributed by atoms with van der Waals surface area (Å²) in [5, 5.41) is 28.3. The van der Waals surface area contributed by atoms with Gasteiger partial charge in [0.25, 0.3) is 0 Å². The van der Waals surface area contributed by atoms with E-state index in [1.165, 1.54) is 0 Å². The molecule has 0 fully saturated rings. The second-order valence-electron chi connectivity index (χ2n) is 2.91. The lowest BCUT2D eigenvalue weighted by Gasteiger charge is -2.10. The molecule has 1 aromatic rings. The Kier molecular flexibility index (Phi) is 3.17. The van der Waals surface area contributed by atoms with Crippen LogP contribution < -0.4 is 5.73 Å².